The molecule has 7 heteroatoms. The van der Waals surface area contributed by atoms with Crippen molar-refractivity contribution in [3.63, 3.8) is 0 Å². The predicted molar refractivity (Wildman–Crippen MR) is 134 cm³/mol. The van der Waals surface area contributed by atoms with Crippen molar-refractivity contribution in [3.8, 4) is 5.75 Å². The van der Waals surface area contributed by atoms with E-state index in [4.69, 9.17) is 15.2 Å². The lowest BCUT2D eigenvalue weighted by Gasteiger charge is -2.19. The van der Waals surface area contributed by atoms with Gasteiger partial charge in [-0.15, -0.1) is 0 Å². The maximum absolute atomic E-state index is 13.0. The maximum atomic E-state index is 13.0. The molecular weight excluding hydrogens is 430 g/mol. The summed E-state index contributed by atoms with van der Waals surface area (Å²) in [5, 5.41) is 17.7. The van der Waals surface area contributed by atoms with Gasteiger partial charge in [-0.2, -0.15) is 0 Å². The number of carbonyl (C=O) groups excluding carboxylic acids is 1. The number of hydrogen-bond donors (Lipinski definition) is 3. The second-order valence-electron chi connectivity index (χ2n) is 8.34. The molecule has 176 valence electrons. The third-order valence-corrected chi connectivity index (χ3v) is 6.02. The van der Waals surface area contributed by atoms with Crippen LogP contribution < -0.4 is 15.8 Å². The summed E-state index contributed by atoms with van der Waals surface area (Å²) in [6.45, 7) is 5.55. The molecular formula is C27H29N3O4. The van der Waals surface area contributed by atoms with Crippen LogP contribution in [0.4, 0.5) is 5.69 Å². The van der Waals surface area contributed by atoms with Gasteiger partial charge >= 0.3 is 5.97 Å². The van der Waals surface area contributed by atoms with Crippen LogP contribution >= 0.6 is 0 Å². The van der Waals surface area contributed by atoms with Crippen molar-refractivity contribution < 1.29 is 19.5 Å². The van der Waals surface area contributed by atoms with E-state index in [1.54, 1.807) is 6.08 Å². The van der Waals surface area contributed by atoms with Gasteiger partial charge in [-0.3, -0.25) is 4.79 Å². The van der Waals surface area contributed by atoms with Gasteiger partial charge in [-0.05, 0) is 65.6 Å². The van der Waals surface area contributed by atoms with Crippen LogP contribution in [-0.2, 0) is 16.0 Å². The van der Waals surface area contributed by atoms with Crippen LogP contribution in [0.1, 0.15) is 29.0 Å². The maximum Gasteiger partial charge on any atom is 0.314 e. The number of hydrogen-bond acceptors (Lipinski definition) is 7. The third-order valence-electron chi connectivity index (χ3n) is 6.02. The molecule has 3 aromatic rings. The predicted octanol–water partition coefficient (Wildman–Crippen LogP) is 4.03. The number of anilines is 1. The van der Waals surface area contributed by atoms with Gasteiger partial charge in [0.1, 0.15) is 18.5 Å². The fourth-order valence-electron chi connectivity index (χ4n) is 4.29. The minimum atomic E-state index is -0.563. The van der Waals surface area contributed by atoms with E-state index >= 15 is 0 Å². The first-order chi connectivity index (χ1) is 16.6. The average molecular weight is 460 g/mol. The van der Waals surface area contributed by atoms with Gasteiger partial charge in [0.2, 0.25) is 0 Å². The summed E-state index contributed by atoms with van der Waals surface area (Å²) in [5.74, 6) is -0.149. The van der Waals surface area contributed by atoms with Crippen LogP contribution in [0.5, 0.6) is 5.75 Å². The first kappa shape index (κ1) is 23.3. The molecule has 0 radical (unpaired) electrons. The van der Waals surface area contributed by atoms with Crippen LogP contribution in [0.25, 0.3) is 10.8 Å². The first-order valence-corrected chi connectivity index (χ1v) is 11.3. The van der Waals surface area contributed by atoms with Gasteiger partial charge in [0.15, 0.2) is 0 Å². The van der Waals surface area contributed by atoms with Crippen LogP contribution in [0.15, 0.2) is 72.4 Å². The van der Waals surface area contributed by atoms with E-state index in [0.29, 0.717) is 17.7 Å². The van der Waals surface area contributed by atoms with E-state index in [-0.39, 0.29) is 18.7 Å². The molecule has 0 saturated carbocycles. The monoisotopic (exact) mass is 459 g/mol. The molecule has 7 nitrogen and oxygen atoms in total. The Labute approximate surface area is 198 Å². The van der Waals surface area contributed by atoms with Gasteiger partial charge in [0.25, 0.3) is 0 Å². The van der Waals surface area contributed by atoms with E-state index in [9.17, 15) is 10.0 Å². The molecule has 0 amide bonds. The number of nitrogens with one attached hydrogen (secondary N) is 1. The molecule has 0 aliphatic carbocycles. The van der Waals surface area contributed by atoms with Crippen molar-refractivity contribution in [3.05, 3.63) is 83.9 Å². The van der Waals surface area contributed by atoms with Crippen molar-refractivity contribution in [2.24, 2.45) is 5.16 Å². The molecule has 4 N–H and O–H groups in total. The number of esters is 1. The fraction of sp³-hybridized carbons (Fsp3) is 0.259. The Balaban J connectivity index is 1.66. The van der Waals surface area contributed by atoms with E-state index in [2.05, 4.69) is 17.1 Å². The molecule has 1 fully saturated rings. The van der Waals surface area contributed by atoms with Gasteiger partial charge in [-0.1, -0.05) is 48.1 Å². The van der Waals surface area contributed by atoms with E-state index in [1.807, 2.05) is 54.6 Å². The number of nitrogens with zero attached hydrogens (tertiary/aromatic N) is 1. The molecule has 0 aromatic heterocycles. The molecule has 1 saturated heterocycles. The first-order valence-electron chi connectivity index (χ1n) is 11.3. The largest absolute Gasteiger partial charge is 0.489 e. The standard InChI is InChI=1S/C27H29N3O4/c1-2-13-33-27(31)25(19-6-9-22(10-7-19)34-23-11-12-29-16-23)14-20-4-3-18-5-8-21(28)15-24(18)26(20)17-30-32/h2-10,15,17,23,25,29,32H,1,11-14,16,28H2/t23-,25?/m0/s1. The van der Waals surface area contributed by atoms with Crippen molar-refractivity contribution in [2.75, 3.05) is 25.4 Å². The van der Waals surface area contributed by atoms with Crippen LogP contribution in [0, 0.1) is 0 Å². The van der Waals surface area contributed by atoms with Gasteiger partial charge in [0, 0.05) is 17.8 Å². The van der Waals surface area contributed by atoms with Crippen molar-refractivity contribution in [1.82, 2.24) is 5.32 Å². The van der Waals surface area contributed by atoms with Crippen LogP contribution in [0.2, 0.25) is 0 Å². The third kappa shape index (κ3) is 5.38. The average Bonchev–Trinajstić information content (AvgIpc) is 3.36. The Bertz CT molecular complexity index is 1180. The molecule has 4 rings (SSSR count). The summed E-state index contributed by atoms with van der Waals surface area (Å²) < 4.78 is 11.4. The van der Waals surface area contributed by atoms with Crippen LogP contribution in [0.3, 0.4) is 0 Å². The molecule has 1 aliphatic heterocycles. The Morgan fingerprint density at radius 3 is 2.74 bits per heavy atom. The number of carbonyl (C=O) groups is 1. The number of nitrogen functional groups attached to an aromatic ring is 1. The smallest absolute Gasteiger partial charge is 0.314 e. The minimum absolute atomic E-state index is 0.129. The minimum Gasteiger partial charge on any atom is -0.489 e. The quantitative estimate of drug-likeness (QED) is 0.111. The Kier molecular flexibility index (Phi) is 7.44. The number of rotatable bonds is 9. The number of nitrogens with two attached hydrogens (primary N) is 1. The summed E-state index contributed by atoms with van der Waals surface area (Å²) in [6.07, 6.45) is 4.42. The zero-order valence-corrected chi connectivity index (χ0v) is 18.9. The van der Waals surface area contributed by atoms with Gasteiger partial charge < -0.3 is 25.7 Å². The van der Waals surface area contributed by atoms with Gasteiger partial charge in [-0.25, -0.2) is 0 Å². The highest BCUT2D eigenvalue weighted by atomic mass is 16.5. The summed E-state index contributed by atoms with van der Waals surface area (Å²) in [6, 6.07) is 17.1. The number of oxime groups is 1. The Morgan fingerprint density at radius 2 is 2.03 bits per heavy atom. The molecule has 1 aliphatic rings. The molecule has 1 heterocycles. The lowest BCUT2D eigenvalue weighted by atomic mass is 9.88. The van der Waals surface area contributed by atoms with E-state index in [0.717, 1.165) is 47.2 Å². The Hall–Kier alpha value is -3.84. The number of benzene rings is 3. The Morgan fingerprint density at radius 1 is 1.24 bits per heavy atom. The number of ether oxygens (including phenoxy) is 2. The van der Waals surface area contributed by atoms with E-state index < -0.39 is 5.92 Å². The second kappa shape index (κ2) is 10.9. The lowest BCUT2D eigenvalue weighted by Crippen LogP contribution is -2.20. The van der Waals surface area contributed by atoms with Crippen molar-refractivity contribution >= 4 is 28.6 Å². The van der Waals surface area contributed by atoms with Crippen molar-refractivity contribution in [1.29, 1.82) is 0 Å². The molecule has 34 heavy (non-hydrogen) atoms. The lowest BCUT2D eigenvalue weighted by molar-refractivity contribution is -0.144. The number of fused-ring (bicyclic) bond motifs is 1. The van der Waals surface area contributed by atoms with E-state index in [1.165, 1.54) is 6.21 Å². The normalized spacial score (nSPS) is 16.5. The molecule has 2 atom stereocenters. The summed E-state index contributed by atoms with van der Waals surface area (Å²) in [5.41, 5.74) is 8.97. The zero-order chi connectivity index (χ0) is 23.9. The highest BCUT2D eigenvalue weighted by molar-refractivity contribution is 6.02. The SMILES string of the molecule is C=CCOC(=O)C(Cc1ccc2ccc(N)cc2c1C=NO)c1ccc(O[C@H]2CCNC2)cc1. The highest BCUT2D eigenvalue weighted by Gasteiger charge is 2.25. The zero-order valence-electron chi connectivity index (χ0n) is 18.9. The molecule has 3 aromatic carbocycles. The van der Waals surface area contributed by atoms with Crippen molar-refractivity contribution in [2.45, 2.75) is 24.9 Å². The topological polar surface area (TPSA) is 106 Å². The summed E-state index contributed by atoms with van der Waals surface area (Å²) >= 11 is 0. The second-order valence-corrected chi connectivity index (χ2v) is 8.34. The molecule has 0 bridgehead atoms. The summed E-state index contributed by atoms with van der Waals surface area (Å²) in [4.78, 5) is 13.0. The molecule has 0 spiro atoms. The fourth-order valence-corrected chi connectivity index (χ4v) is 4.29. The summed E-state index contributed by atoms with van der Waals surface area (Å²) in [7, 11) is 0. The van der Waals surface area contributed by atoms with Crippen LogP contribution in [-0.4, -0.2) is 43.2 Å². The molecule has 1 unspecified atom stereocenters. The highest BCUT2D eigenvalue weighted by Crippen LogP contribution is 2.30. The van der Waals surface area contributed by atoms with Gasteiger partial charge in [0.05, 0.1) is 12.1 Å².